The number of carbonyl (C=O) groups excluding carboxylic acids is 4. The molecule has 3 N–H and O–H groups in total. The molecule has 4 amide bonds. The highest BCUT2D eigenvalue weighted by molar-refractivity contribution is 5.92. The van der Waals surface area contributed by atoms with Crippen molar-refractivity contribution >= 4 is 30.0 Å². The van der Waals surface area contributed by atoms with Crippen LogP contribution in [0.2, 0.25) is 0 Å². The van der Waals surface area contributed by atoms with Gasteiger partial charge in [-0.1, -0.05) is 12.1 Å². The summed E-state index contributed by atoms with van der Waals surface area (Å²) < 4.78 is 38.2. The Kier molecular flexibility index (Phi) is 13.6. The number of carbonyl (C=O) groups is 4. The number of nitrogens with zero attached hydrogens (tertiary/aromatic N) is 2. The summed E-state index contributed by atoms with van der Waals surface area (Å²) >= 11 is 0. The van der Waals surface area contributed by atoms with Crippen molar-refractivity contribution in [1.29, 1.82) is 0 Å². The molecule has 1 saturated heterocycles. The van der Waals surface area contributed by atoms with Crippen LogP contribution in [0.4, 0.5) is 19.3 Å². The molecule has 1 heterocycles. The lowest BCUT2D eigenvalue weighted by atomic mass is 9.88. The Labute approximate surface area is 268 Å². The average molecular weight is 644 g/mol. The fourth-order valence-corrected chi connectivity index (χ4v) is 5.74. The SMILES string of the molecule is COC/C(NC=O)=C(\C(=O)OC)C(c1ccc(F)c(F)c1)N(C)C(=O)NCCCN1CCC(c2cc(C)cc(NC(C)=O)c2)CC1. The van der Waals surface area contributed by atoms with E-state index in [0.717, 1.165) is 63.0 Å². The van der Waals surface area contributed by atoms with E-state index in [1.54, 1.807) is 0 Å². The van der Waals surface area contributed by atoms with Crippen molar-refractivity contribution in [2.45, 2.75) is 45.1 Å². The Morgan fingerprint density at radius 3 is 2.41 bits per heavy atom. The van der Waals surface area contributed by atoms with Crippen LogP contribution in [0.3, 0.4) is 0 Å². The quantitative estimate of drug-likeness (QED) is 0.123. The summed E-state index contributed by atoms with van der Waals surface area (Å²) in [5, 5.41) is 8.12. The zero-order valence-electron chi connectivity index (χ0n) is 27.0. The van der Waals surface area contributed by atoms with Crippen LogP contribution < -0.4 is 16.0 Å². The zero-order valence-corrected chi connectivity index (χ0v) is 27.0. The van der Waals surface area contributed by atoms with Crippen molar-refractivity contribution in [1.82, 2.24) is 20.4 Å². The summed E-state index contributed by atoms with van der Waals surface area (Å²) in [6.07, 6.45) is 2.93. The van der Waals surface area contributed by atoms with Crippen LogP contribution in [-0.4, -0.2) is 88.2 Å². The van der Waals surface area contributed by atoms with Crippen molar-refractivity contribution < 1.29 is 37.4 Å². The molecule has 0 aromatic heterocycles. The van der Waals surface area contributed by atoms with Gasteiger partial charge in [-0.25, -0.2) is 18.4 Å². The average Bonchev–Trinajstić information content (AvgIpc) is 3.02. The van der Waals surface area contributed by atoms with Crippen LogP contribution in [0.25, 0.3) is 0 Å². The molecule has 13 heteroatoms. The lowest BCUT2D eigenvalue weighted by molar-refractivity contribution is -0.137. The molecular formula is C33H43F2N5O6. The number of anilines is 1. The summed E-state index contributed by atoms with van der Waals surface area (Å²) in [4.78, 5) is 52.7. The van der Waals surface area contributed by atoms with Gasteiger partial charge in [0, 0.05) is 33.3 Å². The first-order valence-corrected chi connectivity index (χ1v) is 15.1. The molecule has 0 spiro atoms. The van der Waals surface area contributed by atoms with Crippen molar-refractivity contribution in [3.8, 4) is 0 Å². The predicted molar refractivity (Wildman–Crippen MR) is 169 cm³/mol. The van der Waals surface area contributed by atoms with E-state index in [-0.39, 0.29) is 29.3 Å². The van der Waals surface area contributed by atoms with Crippen LogP contribution in [-0.2, 0) is 23.9 Å². The van der Waals surface area contributed by atoms with Crippen molar-refractivity contribution in [2.24, 2.45) is 0 Å². The number of rotatable bonds is 14. The van der Waals surface area contributed by atoms with E-state index in [2.05, 4.69) is 26.9 Å². The number of amides is 4. The second-order valence-corrected chi connectivity index (χ2v) is 11.3. The normalized spacial score (nSPS) is 14.9. The van der Waals surface area contributed by atoms with Crippen LogP contribution in [0.1, 0.15) is 54.8 Å². The largest absolute Gasteiger partial charge is 0.466 e. The number of nitrogens with one attached hydrogen (secondary N) is 3. The maximum Gasteiger partial charge on any atom is 0.338 e. The molecule has 1 fully saturated rings. The Hall–Kier alpha value is -4.36. The van der Waals surface area contributed by atoms with Gasteiger partial charge in [-0.3, -0.25) is 9.59 Å². The van der Waals surface area contributed by atoms with Crippen LogP contribution in [0, 0.1) is 18.6 Å². The maximum atomic E-state index is 14.3. The number of likely N-dealkylation sites (tertiary alicyclic amines) is 1. The molecular weight excluding hydrogens is 600 g/mol. The van der Waals surface area contributed by atoms with E-state index in [1.165, 1.54) is 37.6 Å². The van der Waals surface area contributed by atoms with Crippen LogP contribution in [0.15, 0.2) is 47.7 Å². The van der Waals surface area contributed by atoms with Gasteiger partial charge in [0.25, 0.3) is 0 Å². The summed E-state index contributed by atoms with van der Waals surface area (Å²) in [5.41, 5.74) is 3.02. The minimum absolute atomic E-state index is 0.000798. The molecule has 46 heavy (non-hydrogen) atoms. The number of aryl methyl sites for hydroxylation is 1. The standard InChI is InChI=1S/C33H43F2N5O6/c1-21-15-25(17-26(16-21)38-22(2)42)23-9-13-40(14-10-23)12-6-11-36-33(44)39(3)31(24-7-8-27(34)28(35)18-24)30(32(43)46-5)29(19-45-4)37-20-41/h7-8,15-18,20,23,31H,6,9-14,19H2,1-5H3,(H,36,44)(H,37,41)(H,38,42)/b30-29+. The molecule has 1 aliphatic rings. The predicted octanol–water partition coefficient (Wildman–Crippen LogP) is 4.00. The summed E-state index contributed by atoms with van der Waals surface area (Å²) in [7, 11) is 3.88. The van der Waals surface area contributed by atoms with Gasteiger partial charge < -0.3 is 35.2 Å². The fraction of sp³-hybridized carbons (Fsp3) is 0.455. The van der Waals surface area contributed by atoms with Crippen molar-refractivity contribution in [2.75, 3.05) is 59.4 Å². The summed E-state index contributed by atoms with van der Waals surface area (Å²) in [6, 6.07) is 7.37. The highest BCUT2D eigenvalue weighted by Crippen LogP contribution is 2.32. The van der Waals surface area contributed by atoms with Crippen LogP contribution >= 0.6 is 0 Å². The first-order valence-electron chi connectivity index (χ1n) is 15.1. The van der Waals surface area contributed by atoms with E-state index in [0.29, 0.717) is 25.3 Å². The van der Waals surface area contributed by atoms with Gasteiger partial charge in [-0.2, -0.15) is 0 Å². The molecule has 1 aliphatic heterocycles. The number of halogens is 2. The Balaban J connectivity index is 1.66. The third kappa shape index (κ3) is 9.82. The van der Waals surface area contributed by atoms with Gasteiger partial charge in [0.05, 0.1) is 31.0 Å². The van der Waals surface area contributed by atoms with E-state index >= 15 is 0 Å². The number of hydrogen-bond acceptors (Lipinski definition) is 7. The van der Waals surface area contributed by atoms with Gasteiger partial charge in [0.1, 0.15) is 0 Å². The third-order valence-electron chi connectivity index (χ3n) is 7.90. The number of benzene rings is 2. The molecule has 2 aromatic rings. The number of piperidine rings is 1. The molecule has 2 aromatic carbocycles. The minimum atomic E-state index is -1.26. The van der Waals surface area contributed by atoms with Gasteiger partial charge >= 0.3 is 12.0 Å². The molecule has 3 rings (SSSR count). The number of hydrogen-bond donors (Lipinski definition) is 3. The molecule has 250 valence electrons. The van der Waals surface area contributed by atoms with Gasteiger partial charge in [-0.05, 0) is 92.7 Å². The van der Waals surface area contributed by atoms with E-state index in [9.17, 15) is 28.0 Å². The number of ether oxygens (including phenoxy) is 2. The number of likely N-dealkylation sites (N-methyl/N-ethyl adjacent to an activating group) is 1. The molecule has 1 unspecified atom stereocenters. The number of esters is 1. The van der Waals surface area contributed by atoms with E-state index in [1.807, 2.05) is 19.1 Å². The third-order valence-corrected chi connectivity index (χ3v) is 7.90. The summed E-state index contributed by atoms with van der Waals surface area (Å²) in [6.45, 7) is 6.13. The smallest absolute Gasteiger partial charge is 0.338 e. The van der Waals surface area contributed by atoms with Gasteiger partial charge in [0.2, 0.25) is 12.3 Å². The maximum absolute atomic E-state index is 14.3. The second kappa shape index (κ2) is 17.4. The molecule has 0 saturated carbocycles. The minimum Gasteiger partial charge on any atom is -0.466 e. The van der Waals surface area contributed by atoms with Crippen molar-refractivity contribution in [3.63, 3.8) is 0 Å². The molecule has 0 aliphatic carbocycles. The molecule has 0 radical (unpaired) electrons. The lowest BCUT2D eigenvalue weighted by Crippen LogP contribution is -2.43. The van der Waals surface area contributed by atoms with Gasteiger partial charge in [0.15, 0.2) is 11.6 Å². The Morgan fingerprint density at radius 1 is 1.09 bits per heavy atom. The van der Waals surface area contributed by atoms with E-state index < -0.39 is 29.7 Å². The first-order chi connectivity index (χ1) is 22.0. The Morgan fingerprint density at radius 2 is 1.80 bits per heavy atom. The number of methoxy groups -OCH3 is 2. The monoisotopic (exact) mass is 643 g/mol. The van der Waals surface area contributed by atoms with Crippen LogP contribution in [0.5, 0.6) is 0 Å². The van der Waals surface area contributed by atoms with Crippen molar-refractivity contribution in [3.05, 3.63) is 76.0 Å². The second-order valence-electron chi connectivity index (χ2n) is 11.3. The topological polar surface area (TPSA) is 129 Å². The molecule has 1 atom stereocenters. The summed E-state index contributed by atoms with van der Waals surface area (Å²) in [5.74, 6) is -2.87. The van der Waals surface area contributed by atoms with Gasteiger partial charge in [-0.15, -0.1) is 0 Å². The first kappa shape index (κ1) is 36.1. The zero-order chi connectivity index (χ0) is 33.8. The highest BCUT2D eigenvalue weighted by Gasteiger charge is 2.34. The lowest BCUT2D eigenvalue weighted by Gasteiger charge is -2.33. The Bertz CT molecular complexity index is 1430. The number of urea groups is 1. The molecule has 11 nitrogen and oxygen atoms in total. The van der Waals surface area contributed by atoms with E-state index in [4.69, 9.17) is 9.47 Å². The molecule has 0 bridgehead atoms. The highest BCUT2D eigenvalue weighted by atomic mass is 19.2. The fourth-order valence-electron chi connectivity index (χ4n) is 5.74.